The van der Waals surface area contributed by atoms with Gasteiger partial charge < -0.3 is 20.3 Å². The van der Waals surface area contributed by atoms with Crippen LogP contribution in [0.25, 0.3) is 0 Å². The van der Waals surface area contributed by atoms with Gasteiger partial charge >= 0.3 is 5.97 Å². The zero-order chi connectivity index (χ0) is 44.5. The molecule has 0 rings (SSSR count). The number of allylic oxidation sites excluding steroid dienone is 8. The maximum atomic E-state index is 13.2. The van der Waals surface area contributed by atoms with E-state index in [1.54, 1.807) is 0 Å². The van der Waals surface area contributed by atoms with Crippen LogP contribution >= 0.6 is 0 Å². The van der Waals surface area contributed by atoms with Crippen LogP contribution in [0.5, 0.6) is 0 Å². The van der Waals surface area contributed by atoms with E-state index >= 15 is 0 Å². The van der Waals surface area contributed by atoms with E-state index < -0.39 is 18.2 Å². The number of aliphatic hydroxyl groups is 2. The first-order valence-electron chi connectivity index (χ1n) is 26.4. The van der Waals surface area contributed by atoms with Crippen molar-refractivity contribution in [3.63, 3.8) is 0 Å². The van der Waals surface area contributed by atoms with Crippen molar-refractivity contribution in [1.29, 1.82) is 0 Å². The molecule has 0 saturated carbocycles. The van der Waals surface area contributed by atoms with Crippen LogP contribution in [0.3, 0.4) is 0 Å². The minimum atomic E-state index is -0.798. The Morgan fingerprint density at radius 1 is 0.492 bits per heavy atom. The first kappa shape index (κ1) is 58.8. The van der Waals surface area contributed by atoms with Crippen LogP contribution in [-0.4, -0.2) is 46.9 Å². The predicted molar refractivity (Wildman–Crippen MR) is 264 cm³/mol. The van der Waals surface area contributed by atoms with Crippen LogP contribution in [0.2, 0.25) is 0 Å². The Morgan fingerprint density at radius 3 is 1.38 bits per heavy atom. The lowest BCUT2D eigenvalue weighted by atomic mass is 10.0. The van der Waals surface area contributed by atoms with Gasteiger partial charge in [0.25, 0.3) is 0 Å². The molecule has 3 atom stereocenters. The largest absolute Gasteiger partial charge is 0.462 e. The second kappa shape index (κ2) is 48.8. The average Bonchev–Trinajstić information content (AvgIpc) is 3.25. The van der Waals surface area contributed by atoms with Gasteiger partial charge in [-0.2, -0.15) is 0 Å². The fourth-order valence-electron chi connectivity index (χ4n) is 7.91. The van der Waals surface area contributed by atoms with Crippen LogP contribution < -0.4 is 5.32 Å². The molecule has 6 nitrogen and oxygen atoms in total. The molecule has 1 amide bonds. The third-order valence-corrected chi connectivity index (χ3v) is 11.9. The molecule has 0 aliphatic heterocycles. The van der Waals surface area contributed by atoms with E-state index in [0.29, 0.717) is 19.3 Å². The Bertz CT molecular complexity index is 1050. The molecule has 0 spiro atoms. The van der Waals surface area contributed by atoms with Crippen molar-refractivity contribution in [3.05, 3.63) is 48.6 Å². The summed E-state index contributed by atoms with van der Waals surface area (Å²) in [5, 5.41) is 23.8. The van der Waals surface area contributed by atoms with Crippen LogP contribution in [0, 0.1) is 0 Å². The summed E-state index contributed by atoms with van der Waals surface area (Å²) in [6.07, 6.45) is 58.9. The lowest BCUT2D eigenvalue weighted by molar-refractivity contribution is -0.151. The Labute approximate surface area is 378 Å². The van der Waals surface area contributed by atoms with Gasteiger partial charge in [0.15, 0.2) is 0 Å². The molecular formula is C55H101NO5. The highest BCUT2D eigenvalue weighted by atomic mass is 16.5. The maximum absolute atomic E-state index is 13.2. The first-order valence-corrected chi connectivity index (χ1v) is 26.4. The number of esters is 1. The van der Waals surface area contributed by atoms with Gasteiger partial charge in [-0.1, -0.05) is 217 Å². The Balaban J connectivity index is 4.57. The number of ether oxygens (including phenoxy) is 1. The summed E-state index contributed by atoms with van der Waals surface area (Å²) >= 11 is 0. The van der Waals surface area contributed by atoms with Crippen LogP contribution in [0.15, 0.2) is 48.6 Å². The van der Waals surface area contributed by atoms with Crippen molar-refractivity contribution >= 4 is 11.9 Å². The topological polar surface area (TPSA) is 95.9 Å². The van der Waals surface area contributed by atoms with Gasteiger partial charge in [0.2, 0.25) is 5.91 Å². The lowest BCUT2D eigenvalue weighted by Gasteiger charge is -2.24. The molecule has 0 saturated heterocycles. The molecular weight excluding hydrogens is 755 g/mol. The van der Waals surface area contributed by atoms with Crippen molar-refractivity contribution in [1.82, 2.24) is 5.32 Å². The standard InChI is InChI=1S/C55H101NO5/c1-4-7-10-13-16-19-22-25-26-27-28-30-33-36-39-42-45-48-55(60)61-51(46-43-40-37-34-31-24-21-18-15-12-9-6-3)49-54(59)56-52(50-57)53(58)47-44-41-38-35-32-29-23-20-17-14-11-8-5-2/h9,12,18,21,25-26,31,34,51-53,57-58H,4-8,10-11,13-17,19-20,22-24,27-30,32-33,35-50H2,1-3H3,(H,56,59)/b12-9+,21-18+,26-25+,34-31+. The second-order valence-corrected chi connectivity index (χ2v) is 17.9. The summed E-state index contributed by atoms with van der Waals surface area (Å²) in [5.41, 5.74) is 0. The third kappa shape index (κ3) is 44.2. The molecule has 0 heterocycles. The van der Waals surface area contributed by atoms with E-state index in [-0.39, 0.29) is 24.9 Å². The van der Waals surface area contributed by atoms with Crippen LogP contribution in [0.4, 0.5) is 0 Å². The smallest absolute Gasteiger partial charge is 0.306 e. The second-order valence-electron chi connectivity index (χ2n) is 17.9. The molecule has 356 valence electrons. The van der Waals surface area contributed by atoms with E-state index in [1.807, 2.05) is 0 Å². The normalized spacial score (nSPS) is 13.6. The molecule has 0 aromatic heterocycles. The monoisotopic (exact) mass is 856 g/mol. The third-order valence-electron chi connectivity index (χ3n) is 11.9. The van der Waals surface area contributed by atoms with Gasteiger partial charge in [-0.3, -0.25) is 9.59 Å². The molecule has 0 aromatic rings. The average molecular weight is 856 g/mol. The van der Waals surface area contributed by atoms with E-state index in [4.69, 9.17) is 4.74 Å². The van der Waals surface area contributed by atoms with Crippen molar-refractivity contribution in [2.75, 3.05) is 6.61 Å². The summed E-state index contributed by atoms with van der Waals surface area (Å²) in [6, 6.07) is -0.714. The minimum Gasteiger partial charge on any atom is -0.462 e. The summed E-state index contributed by atoms with van der Waals surface area (Å²) in [5.74, 6) is -0.512. The summed E-state index contributed by atoms with van der Waals surface area (Å²) in [7, 11) is 0. The molecule has 6 heteroatoms. The highest BCUT2D eigenvalue weighted by molar-refractivity contribution is 5.77. The molecule has 0 aliphatic rings. The molecule has 3 unspecified atom stereocenters. The number of aliphatic hydroxyl groups excluding tert-OH is 2. The first-order chi connectivity index (χ1) is 30.0. The molecule has 3 N–H and O–H groups in total. The lowest BCUT2D eigenvalue weighted by Crippen LogP contribution is -2.46. The van der Waals surface area contributed by atoms with Crippen molar-refractivity contribution < 1.29 is 24.5 Å². The summed E-state index contributed by atoms with van der Waals surface area (Å²) in [6.45, 7) is 6.36. The van der Waals surface area contributed by atoms with Gasteiger partial charge in [-0.25, -0.2) is 0 Å². The van der Waals surface area contributed by atoms with Gasteiger partial charge in [-0.15, -0.1) is 0 Å². The number of rotatable bonds is 47. The Morgan fingerprint density at radius 2 is 0.885 bits per heavy atom. The molecule has 0 bridgehead atoms. The van der Waals surface area contributed by atoms with E-state index in [9.17, 15) is 19.8 Å². The van der Waals surface area contributed by atoms with Crippen LogP contribution in [0.1, 0.15) is 265 Å². The number of unbranched alkanes of at least 4 members (excludes halogenated alkanes) is 27. The zero-order valence-corrected chi connectivity index (χ0v) is 40.5. The van der Waals surface area contributed by atoms with E-state index in [2.05, 4.69) is 74.7 Å². The minimum absolute atomic E-state index is 0.0506. The number of hydrogen-bond acceptors (Lipinski definition) is 5. The molecule has 0 aliphatic carbocycles. The van der Waals surface area contributed by atoms with Crippen molar-refractivity contribution in [3.8, 4) is 0 Å². The highest BCUT2D eigenvalue weighted by Gasteiger charge is 2.24. The van der Waals surface area contributed by atoms with Crippen LogP contribution in [-0.2, 0) is 14.3 Å². The number of carbonyl (C=O) groups excluding carboxylic acids is 2. The summed E-state index contributed by atoms with van der Waals surface area (Å²) < 4.78 is 5.91. The van der Waals surface area contributed by atoms with Gasteiger partial charge in [0.1, 0.15) is 6.10 Å². The van der Waals surface area contributed by atoms with Gasteiger partial charge in [0.05, 0.1) is 25.2 Å². The maximum Gasteiger partial charge on any atom is 0.306 e. The van der Waals surface area contributed by atoms with Gasteiger partial charge in [-0.05, 0) is 83.5 Å². The Hall–Kier alpha value is -2.18. The molecule has 61 heavy (non-hydrogen) atoms. The quantitative estimate of drug-likeness (QED) is 0.0322. The molecule has 0 radical (unpaired) electrons. The van der Waals surface area contributed by atoms with Crippen molar-refractivity contribution in [2.24, 2.45) is 0 Å². The molecule has 0 fully saturated rings. The van der Waals surface area contributed by atoms with Crippen molar-refractivity contribution in [2.45, 2.75) is 283 Å². The predicted octanol–water partition coefficient (Wildman–Crippen LogP) is 15.8. The fraction of sp³-hybridized carbons (Fsp3) is 0.818. The van der Waals surface area contributed by atoms with E-state index in [0.717, 1.165) is 77.0 Å². The fourth-order valence-corrected chi connectivity index (χ4v) is 7.91. The number of carbonyl (C=O) groups is 2. The Kier molecular flexibility index (Phi) is 47.1. The number of nitrogens with one attached hydrogen (secondary N) is 1. The number of hydrogen-bond donors (Lipinski definition) is 3. The zero-order valence-electron chi connectivity index (χ0n) is 40.5. The summed E-state index contributed by atoms with van der Waals surface area (Å²) in [4.78, 5) is 26.1. The highest BCUT2D eigenvalue weighted by Crippen LogP contribution is 2.17. The molecule has 0 aromatic carbocycles. The number of amides is 1. The van der Waals surface area contributed by atoms with E-state index in [1.165, 1.54) is 141 Å². The van der Waals surface area contributed by atoms with Gasteiger partial charge in [0, 0.05) is 6.42 Å². The SMILES string of the molecule is CC/C=C/C/C=C/C/C=C/CCCCC(CC(=O)NC(CO)C(O)CCCCCCCCCCCCCCC)OC(=O)CCCCCCCCC/C=C/CCCCCCCC.